The summed E-state index contributed by atoms with van der Waals surface area (Å²) in [6.07, 6.45) is 1.37. The Morgan fingerprint density at radius 2 is 1.64 bits per heavy atom. The summed E-state index contributed by atoms with van der Waals surface area (Å²) in [5.74, 6) is -6.08. The van der Waals surface area contributed by atoms with Crippen molar-refractivity contribution in [3.63, 3.8) is 0 Å². The van der Waals surface area contributed by atoms with Crippen LogP contribution in [0, 0.1) is 0 Å². The number of H-pyrrole nitrogens is 1. The van der Waals surface area contributed by atoms with E-state index in [-0.39, 0.29) is 19.3 Å². The van der Waals surface area contributed by atoms with Crippen LogP contribution >= 0.6 is 0 Å². The summed E-state index contributed by atoms with van der Waals surface area (Å²) < 4.78 is 0. The van der Waals surface area contributed by atoms with E-state index in [9.17, 15) is 28.8 Å². The van der Waals surface area contributed by atoms with E-state index in [0.29, 0.717) is 5.69 Å². The van der Waals surface area contributed by atoms with Gasteiger partial charge in [0.1, 0.15) is 18.1 Å². The Kier molecular flexibility index (Phi) is 10.4. The fourth-order valence-corrected chi connectivity index (χ4v) is 2.59. The van der Waals surface area contributed by atoms with Crippen molar-refractivity contribution in [1.29, 1.82) is 0 Å². The fraction of sp³-hybridized carbons (Fsp3) is 0.500. The molecule has 0 aliphatic rings. The number of aromatic amines is 1. The molecule has 0 aliphatic carbocycles. The maximum Gasteiger partial charge on any atom is 0.325 e. The zero-order chi connectivity index (χ0) is 25.1. The maximum absolute atomic E-state index is 12.8. The second kappa shape index (κ2) is 12.7. The molecule has 0 radical (unpaired) electrons. The number of hydrogen-bond acceptors (Lipinski definition) is 8. The summed E-state index contributed by atoms with van der Waals surface area (Å²) in [7, 11) is 0. The first-order chi connectivity index (χ1) is 15.4. The van der Waals surface area contributed by atoms with Gasteiger partial charge in [-0.15, -0.1) is 0 Å². The Morgan fingerprint density at radius 3 is 2.15 bits per heavy atom. The number of aromatic nitrogens is 2. The van der Waals surface area contributed by atoms with Crippen LogP contribution in [0.4, 0.5) is 0 Å². The van der Waals surface area contributed by atoms with Gasteiger partial charge in [-0.1, -0.05) is 0 Å². The lowest BCUT2D eigenvalue weighted by atomic mass is 10.1. The number of amides is 4. The maximum atomic E-state index is 12.8. The van der Waals surface area contributed by atoms with Crippen LogP contribution in [0.5, 0.6) is 0 Å². The van der Waals surface area contributed by atoms with Crippen molar-refractivity contribution in [3.8, 4) is 0 Å². The minimum atomic E-state index is -1.47. The average molecular weight is 469 g/mol. The number of hydrogen-bond donors (Lipinski definition) is 8. The van der Waals surface area contributed by atoms with Gasteiger partial charge in [-0.25, -0.2) is 4.98 Å². The molecular weight excluding hydrogens is 442 g/mol. The van der Waals surface area contributed by atoms with Gasteiger partial charge in [0.15, 0.2) is 0 Å². The van der Waals surface area contributed by atoms with Crippen molar-refractivity contribution >= 4 is 35.6 Å². The molecule has 4 amide bonds. The Labute approximate surface area is 187 Å². The number of carbonyl (C=O) groups excluding carboxylic acids is 4. The molecule has 0 fully saturated rings. The SMILES string of the molecule is CC(NC(=O)C(Cc1cnc[nH]1)NC(=O)C(CCC(N)=O)NC(=O)C(N)CC(=O)O)C(=O)O. The summed E-state index contributed by atoms with van der Waals surface area (Å²) in [4.78, 5) is 77.1. The van der Waals surface area contributed by atoms with Crippen LogP contribution in [-0.2, 0) is 35.2 Å². The van der Waals surface area contributed by atoms with Gasteiger partial charge < -0.3 is 42.6 Å². The summed E-state index contributed by atoms with van der Waals surface area (Å²) >= 11 is 0. The standard InChI is InChI=1S/C18H27N7O8/c1-8(18(32)33)23-17(31)12(4-9-6-21-7-22-9)25-16(30)11(2-3-13(20)26)24-15(29)10(19)5-14(27)28/h6-8,10-12H,2-5,19H2,1H3,(H2,20,26)(H,21,22)(H,23,31)(H,24,29)(H,25,30)(H,27,28)(H,32,33). The molecule has 10 N–H and O–H groups in total. The molecule has 1 aromatic heterocycles. The lowest BCUT2D eigenvalue weighted by molar-refractivity contribution is -0.141. The van der Waals surface area contributed by atoms with Gasteiger partial charge in [0.05, 0.1) is 18.8 Å². The third-order valence-electron chi connectivity index (χ3n) is 4.38. The Bertz CT molecular complexity index is 873. The number of aliphatic carboxylic acids is 2. The molecule has 0 aliphatic heterocycles. The van der Waals surface area contributed by atoms with Gasteiger partial charge in [-0.3, -0.25) is 28.8 Å². The topological polar surface area (TPSA) is 260 Å². The van der Waals surface area contributed by atoms with E-state index in [1.165, 1.54) is 19.4 Å². The van der Waals surface area contributed by atoms with Crippen LogP contribution in [0.15, 0.2) is 12.5 Å². The number of carbonyl (C=O) groups is 6. The second-order valence-electron chi connectivity index (χ2n) is 7.18. The highest BCUT2D eigenvalue weighted by molar-refractivity contribution is 5.95. The van der Waals surface area contributed by atoms with Gasteiger partial charge in [-0.05, 0) is 13.3 Å². The molecule has 0 aromatic carbocycles. The Morgan fingerprint density at radius 1 is 1.03 bits per heavy atom. The number of nitrogens with two attached hydrogens (primary N) is 2. The number of carboxylic acids is 2. The normalized spacial score (nSPS) is 14.2. The zero-order valence-corrected chi connectivity index (χ0v) is 17.7. The highest BCUT2D eigenvalue weighted by atomic mass is 16.4. The molecule has 4 atom stereocenters. The summed E-state index contributed by atoms with van der Waals surface area (Å²) in [5.41, 5.74) is 11.0. The number of imidazole rings is 1. The van der Waals surface area contributed by atoms with Gasteiger partial charge in [0, 0.05) is 24.7 Å². The average Bonchev–Trinajstić information content (AvgIpc) is 3.22. The molecule has 0 saturated heterocycles. The molecular formula is C18H27N7O8. The first kappa shape index (κ1) is 27.0. The Hall–Kier alpha value is -4.01. The van der Waals surface area contributed by atoms with Crippen LogP contribution in [0.3, 0.4) is 0 Å². The molecule has 0 spiro atoms. The number of primary amides is 1. The zero-order valence-electron chi connectivity index (χ0n) is 17.7. The second-order valence-corrected chi connectivity index (χ2v) is 7.18. The molecule has 15 nitrogen and oxygen atoms in total. The lowest BCUT2D eigenvalue weighted by Crippen LogP contribution is -2.57. The largest absolute Gasteiger partial charge is 0.481 e. The van der Waals surface area contributed by atoms with Gasteiger partial charge >= 0.3 is 11.9 Å². The molecule has 1 rings (SSSR count). The van der Waals surface area contributed by atoms with E-state index < -0.39 is 66.2 Å². The van der Waals surface area contributed by atoms with Crippen molar-refractivity contribution in [1.82, 2.24) is 25.9 Å². The third kappa shape index (κ3) is 9.77. The van der Waals surface area contributed by atoms with Gasteiger partial charge in [0.25, 0.3) is 0 Å². The third-order valence-corrected chi connectivity index (χ3v) is 4.38. The van der Waals surface area contributed by atoms with Crippen LogP contribution < -0.4 is 27.4 Å². The van der Waals surface area contributed by atoms with Crippen LogP contribution in [-0.4, -0.2) is 79.9 Å². The summed E-state index contributed by atoms with van der Waals surface area (Å²) in [6, 6.07) is -5.37. The summed E-state index contributed by atoms with van der Waals surface area (Å²) in [5, 5.41) is 24.7. The van der Waals surface area contributed by atoms with Gasteiger partial charge in [-0.2, -0.15) is 0 Å². The molecule has 0 saturated carbocycles. The molecule has 182 valence electrons. The first-order valence-electron chi connectivity index (χ1n) is 9.77. The minimum absolute atomic E-state index is 0.0983. The molecule has 0 bridgehead atoms. The van der Waals surface area contributed by atoms with E-state index >= 15 is 0 Å². The van der Waals surface area contributed by atoms with Crippen molar-refractivity contribution < 1.29 is 39.0 Å². The van der Waals surface area contributed by atoms with E-state index in [1.807, 2.05) is 0 Å². The highest BCUT2D eigenvalue weighted by Gasteiger charge is 2.30. The van der Waals surface area contributed by atoms with E-state index in [0.717, 1.165) is 0 Å². The van der Waals surface area contributed by atoms with Crippen molar-refractivity contribution in [2.24, 2.45) is 11.5 Å². The number of nitrogens with one attached hydrogen (secondary N) is 4. The molecule has 1 heterocycles. The molecule has 1 aromatic rings. The molecule has 33 heavy (non-hydrogen) atoms. The quantitative estimate of drug-likeness (QED) is 0.134. The lowest BCUT2D eigenvalue weighted by Gasteiger charge is -2.24. The number of rotatable bonds is 14. The fourth-order valence-electron chi connectivity index (χ4n) is 2.59. The minimum Gasteiger partial charge on any atom is -0.481 e. The van der Waals surface area contributed by atoms with E-state index in [2.05, 4.69) is 25.9 Å². The molecule has 15 heteroatoms. The predicted molar refractivity (Wildman–Crippen MR) is 110 cm³/mol. The van der Waals surface area contributed by atoms with E-state index in [4.69, 9.17) is 21.7 Å². The van der Waals surface area contributed by atoms with Crippen LogP contribution in [0.2, 0.25) is 0 Å². The highest BCUT2D eigenvalue weighted by Crippen LogP contribution is 2.04. The Balaban J connectivity index is 3.02. The van der Waals surface area contributed by atoms with Crippen molar-refractivity contribution in [2.45, 2.75) is 56.8 Å². The smallest absolute Gasteiger partial charge is 0.325 e. The van der Waals surface area contributed by atoms with Crippen LogP contribution in [0.1, 0.15) is 31.9 Å². The van der Waals surface area contributed by atoms with Crippen molar-refractivity contribution in [2.75, 3.05) is 0 Å². The van der Waals surface area contributed by atoms with Gasteiger partial charge in [0.2, 0.25) is 23.6 Å². The number of carboxylic acid groups (broad SMARTS) is 2. The van der Waals surface area contributed by atoms with Crippen molar-refractivity contribution in [3.05, 3.63) is 18.2 Å². The first-order valence-corrected chi connectivity index (χ1v) is 9.77. The van der Waals surface area contributed by atoms with E-state index in [1.54, 1.807) is 0 Å². The monoisotopic (exact) mass is 469 g/mol. The predicted octanol–water partition coefficient (Wildman–Crippen LogP) is -3.42. The molecule has 4 unspecified atom stereocenters. The number of nitrogens with zero attached hydrogens (tertiary/aromatic N) is 1. The van der Waals surface area contributed by atoms with Crippen LogP contribution in [0.25, 0.3) is 0 Å². The summed E-state index contributed by atoms with van der Waals surface area (Å²) in [6.45, 7) is 1.23.